The fourth-order valence-electron chi connectivity index (χ4n) is 3.07. The van der Waals surface area contributed by atoms with Gasteiger partial charge in [0.2, 0.25) is 10.0 Å². The second-order valence-electron chi connectivity index (χ2n) is 6.27. The number of hydrogen-bond donors (Lipinski definition) is 0. The van der Waals surface area contributed by atoms with E-state index in [1.165, 1.54) is 6.26 Å². The molecule has 0 spiro atoms. The van der Waals surface area contributed by atoms with Crippen LogP contribution in [0.5, 0.6) is 0 Å². The van der Waals surface area contributed by atoms with Gasteiger partial charge in [-0.3, -0.25) is 9.88 Å². The van der Waals surface area contributed by atoms with Crippen molar-refractivity contribution in [3.63, 3.8) is 0 Å². The van der Waals surface area contributed by atoms with E-state index >= 15 is 0 Å². The summed E-state index contributed by atoms with van der Waals surface area (Å²) in [5.41, 5.74) is 1.99. The van der Waals surface area contributed by atoms with Crippen LogP contribution in [0.25, 0.3) is 0 Å². The molecular formula is C17H25N3O2S. The van der Waals surface area contributed by atoms with Crippen LogP contribution in [0.1, 0.15) is 24.2 Å². The lowest BCUT2D eigenvalue weighted by Crippen LogP contribution is -2.43. The maximum Gasteiger partial charge on any atom is 0.211 e. The van der Waals surface area contributed by atoms with Crippen molar-refractivity contribution >= 4 is 10.0 Å². The van der Waals surface area contributed by atoms with Gasteiger partial charge in [-0.25, -0.2) is 12.7 Å². The van der Waals surface area contributed by atoms with Gasteiger partial charge >= 0.3 is 0 Å². The predicted molar refractivity (Wildman–Crippen MR) is 92.2 cm³/mol. The number of pyridine rings is 1. The maximum absolute atomic E-state index is 11.7. The van der Waals surface area contributed by atoms with Crippen molar-refractivity contribution in [3.05, 3.63) is 29.6 Å². The summed E-state index contributed by atoms with van der Waals surface area (Å²) >= 11 is 0. The molecule has 1 aromatic heterocycles. The number of hydrogen-bond acceptors (Lipinski definition) is 4. The SMILES string of the molecule is C#CCN(Cc1cccc(C)n1)C[C@@H]1CCCN(S(C)(=O)=O)C1. The minimum atomic E-state index is -3.11. The Morgan fingerprint density at radius 2 is 2.26 bits per heavy atom. The Morgan fingerprint density at radius 3 is 2.91 bits per heavy atom. The van der Waals surface area contributed by atoms with Crippen LogP contribution in [0.15, 0.2) is 18.2 Å². The first-order valence-electron chi connectivity index (χ1n) is 7.92. The van der Waals surface area contributed by atoms with Crippen LogP contribution < -0.4 is 0 Å². The van der Waals surface area contributed by atoms with Crippen molar-refractivity contribution in [1.82, 2.24) is 14.2 Å². The van der Waals surface area contributed by atoms with Crippen LogP contribution in [0.4, 0.5) is 0 Å². The molecule has 6 heteroatoms. The van der Waals surface area contributed by atoms with Gasteiger partial charge in [0.25, 0.3) is 0 Å². The van der Waals surface area contributed by atoms with Crippen molar-refractivity contribution in [2.75, 3.05) is 32.4 Å². The summed E-state index contributed by atoms with van der Waals surface area (Å²) in [5.74, 6) is 3.02. The van der Waals surface area contributed by atoms with Crippen LogP contribution in [-0.4, -0.2) is 55.0 Å². The Balaban J connectivity index is 2.00. The first-order valence-corrected chi connectivity index (χ1v) is 9.77. The van der Waals surface area contributed by atoms with Crippen molar-refractivity contribution in [3.8, 4) is 12.3 Å². The molecule has 0 bridgehead atoms. The molecule has 23 heavy (non-hydrogen) atoms. The third kappa shape index (κ3) is 5.61. The number of aryl methyl sites for hydroxylation is 1. The molecule has 1 aliphatic heterocycles. The molecule has 1 atom stereocenters. The lowest BCUT2D eigenvalue weighted by Gasteiger charge is -2.33. The summed E-state index contributed by atoms with van der Waals surface area (Å²) in [6, 6.07) is 5.97. The quantitative estimate of drug-likeness (QED) is 0.739. The van der Waals surface area contributed by atoms with E-state index in [-0.39, 0.29) is 0 Å². The molecule has 0 saturated carbocycles. The Morgan fingerprint density at radius 1 is 1.48 bits per heavy atom. The molecule has 1 saturated heterocycles. The summed E-state index contributed by atoms with van der Waals surface area (Å²) in [6.07, 6.45) is 8.72. The fourth-order valence-corrected chi connectivity index (χ4v) is 4.02. The molecular weight excluding hydrogens is 310 g/mol. The molecule has 1 aliphatic rings. The molecule has 5 nitrogen and oxygen atoms in total. The topological polar surface area (TPSA) is 53.5 Å². The second kappa shape index (κ2) is 7.91. The lowest BCUT2D eigenvalue weighted by molar-refractivity contribution is 0.185. The van der Waals surface area contributed by atoms with Gasteiger partial charge in [0.05, 0.1) is 18.5 Å². The van der Waals surface area contributed by atoms with Gasteiger partial charge in [-0.2, -0.15) is 0 Å². The van der Waals surface area contributed by atoms with E-state index < -0.39 is 10.0 Å². The number of nitrogens with zero attached hydrogens (tertiary/aromatic N) is 3. The van der Waals surface area contributed by atoms with Gasteiger partial charge in [-0.05, 0) is 37.8 Å². The second-order valence-corrected chi connectivity index (χ2v) is 8.26. The Hall–Kier alpha value is -1.42. The zero-order valence-electron chi connectivity index (χ0n) is 13.9. The normalized spacial score (nSPS) is 19.7. The molecule has 0 unspecified atom stereocenters. The van der Waals surface area contributed by atoms with Crippen LogP contribution in [-0.2, 0) is 16.6 Å². The molecule has 0 amide bonds. The van der Waals surface area contributed by atoms with Gasteiger partial charge in [0.15, 0.2) is 0 Å². The highest BCUT2D eigenvalue weighted by Gasteiger charge is 2.27. The highest BCUT2D eigenvalue weighted by atomic mass is 32.2. The van der Waals surface area contributed by atoms with Gasteiger partial charge < -0.3 is 0 Å². The summed E-state index contributed by atoms with van der Waals surface area (Å²) < 4.78 is 25.1. The third-order valence-electron chi connectivity index (χ3n) is 4.11. The standard InChI is InChI=1S/C17H25N3O2S/c1-4-10-19(14-17-9-5-7-15(2)18-17)12-16-8-6-11-20(13-16)23(3,21)22/h1,5,7,9,16H,6,8,10-14H2,2-3H3/t16-/m0/s1. The predicted octanol–water partition coefficient (Wildman–Crippen LogP) is 1.50. The highest BCUT2D eigenvalue weighted by Crippen LogP contribution is 2.20. The Bertz CT molecular complexity index is 667. The zero-order valence-corrected chi connectivity index (χ0v) is 14.7. The van der Waals surface area contributed by atoms with E-state index in [1.807, 2.05) is 25.1 Å². The van der Waals surface area contributed by atoms with Gasteiger partial charge in [-0.15, -0.1) is 6.42 Å². The summed E-state index contributed by atoms with van der Waals surface area (Å²) in [4.78, 5) is 6.70. The monoisotopic (exact) mass is 335 g/mol. The third-order valence-corrected chi connectivity index (χ3v) is 5.38. The molecule has 2 heterocycles. The number of aromatic nitrogens is 1. The Labute approximate surface area is 139 Å². The average molecular weight is 335 g/mol. The summed E-state index contributed by atoms with van der Waals surface area (Å²) in [5, 5.41) is 0. The van der Waals surface area contributed by atoms with E-state index in [9.17, 15) is 8.42 Å². The number of rotatable bonds is 6. The van der Waals surface area contributed by atoms with E-state index in [1.54, 1.807) is 4.31 Å². The minimum Gasteiger partial charge on any atom is -0.286 e. The van der Waals surface area contributed by atoms with Crippen molar-refractivity contribution in [2.45, 2.75) is 26.3 Å². The van der Waals surface area contributed by atoms with Crippen LogP contribution in [0.3, 0.4) is 0 Å². The minimum absolute atomic E-state index is 0.316. The number of sulfonamides is 1. The van der Waals surface area contributed by atoms with Crippen molar-refractivity contribution in [1.29, 1.82) is 0 Å². The first kappa shape index (κ1) is 17.9. The van der Waals surface area contributed by atoms with Gasteiger partial charge in [0, 0.05) is 31.9 Å². The summed E-state index contributed by atoms with van der Waals surface area (Å²) in [7, 11) is -3.11. The molecule has 1 aromatic rings. The first-order chi connectivity index (χ1) is 10.9. The van der Waals surface area contributed by atoms with E-state index in [0.717, 1.165) is 30.8 Å². The maximum atomic E-state index is 11.7. The largest absolute Gasteiger partial charge is 0.286 e. The molecule has 0 aromatic carbocycles. The molecule has 0 N–H and O–H groups in total. The molecule has 126 valence electrons. The van der Waals surface area contributed by atoms with Gasteiger partial charge in [-0.1, -0.05) is 12.0 Å². The van der Waals surface area contributed by atoms with Crippen molar-refractivity contribution in [2.24, 2.45) is 5.92 Å². The highest BCUT2D eigenvalue weighted by molar-refractivity contribution is 7.88. The zero-order chi connectivity index (χ0) is 16.9. The fraction of sp³-hybridized carbons (Fsp3) is 0.588. The Kier molecular flexibility index (Phi) is 6.17. The number of piperidine rings is 1. The van der Waals surface area contributed by atoms with Crippen LogP contribution in [0.2, 0.25) is 0 Å². The molecule has 1 fully saturated rings. The van der Waals surface area contributed by atoms with Crippen LogP contribution >= 0.6 is 0 Å². The summed E-state index contributed by atoms with van der Waals surface area (Å²) in [6.45, 7) is 5.23. The molecule has 2 rings (SSSR count). The lowest BCUT2D eigenvalue weighted by atomic mass is 9.99. The number of terminal acetylenes is 1. The van der Waals surface area contributed by atoms with Gasteiger partial charge in [0.1, 0.15) is 0 Å². The smallest absolute Gasteiger partial charge is 0.211 e. The molecule has 0 aliphatic carbocycles. The van der Waals surface area contributed by atoms with E-state index in [2.05, 4.69) is 15.8 Å². The average Bonchev–Trinajstić information content (AvgIpc) is 2.47. The van der Waals surface area contributed by atoms with E-state index in [4.69, 9.17) is 6.42 Å². The van der Waals surface area contributed by atoms with E-state index in [0.29, 0.717) is 32.1 Å². The van der Waals surface area contributed by atoms with Crippen molar-refractivity contribution < 1.29 is 8.42 Å². The van der Waals surface area contributed by atoms with Crippen LogP contribution in [0, 0.1) is 25.2 Å². The molecule has 0 radical (unpaired) electrons.